The number of amides is 1. The first-order valence-corrected chi connectivity index (χ1v) is 12.8. The van der Waals surface area contributed by atoms with Crippen molar-refractivity contribution in [3.05, 3.63) is 47.2 Å². The second-order valence-corrected chi connectivity index (χ2v) is 9.83. The quantitative estimate of drug-likeness (QED) is 0.271. The molecule has 2 aromatic heterocycles. The van der Waals surface area contributed by atoms with E-state index in [1.165, 1.54) is 0 Å². The monoisotopic (exact) mass is 557 g/mol. The van der Waals surface area contributed by atoms with Crippen LogP contribution in [0.3, 0.4) is 0 Å². The number of nitrogens with zero attached hydrogens (tertiary/aromatic N) is 2. The number of hydrogen-bond donors (Lipinski definition) is 2. The molecule has 2 N–H and O–H groups in total. The summed E-state index contributed by atoms with van der Waals surface area (Å²) in [6, 6.07) is 10.5. The van der Waals surface area contributed by atoms with E-state index in [0.29, 0.717) is 57.6 Å². The van der Waals surface area contributed by atoms with Crippen LogP contribution >= 0.6 is 11.6 Å². The molecule has 0 bridgehead atoms. The fourth-order valence-electron chi connectivity index (χ4n) is 4.26. The fourth-order valence-corrected chi connectivity index (χ4v) is 4.50. The van der Waals surface area contributed by atoms with E-state index in [1.807, 2.05) is 19.9 Å². The van der Waals surface area contributed by atoms with Gasteiger partial charge in [0.2, 0.25) is 5.82 Å². The fraction of sp³-hybridized carbons (Fsp3) is 0.370. The van der Waals surface area contributed by atoms with E-state index >= 15 is 0 Å². The Balaban J connectivity index is 1.48. The van der Waals surface area contributed by atoms with Gasteiger partial charge in [-0.2, -0.15) is 4.98 Å². The molecule has 1 saturated heterocycles. The first-order chi connectivity index (χ1) is 18.6. The molecule has 1 aliphatic heterocycles. The Morgan fingerprint density at radius 1 is 1.08 bits per heavy atom. The van der Waals surface area contributed by atoms with E-state index in [-0.39, 0.29) is 24.9 Å². The number of benzene rings is 2. The number of ether oxygens (including phenoxy) is 4. The highest BCUT2D eigenvalue weighted by atomic mass is 35.5. The lowest BCUT2D eigenvalue weighted by molar-refractivity contribution is -0.274. The molecular formula is C27H28ClN3O8. The second-order valence-electron chi connectivity index (χ2n) is 9.42. The van der Waals surface area contributed by atoms with Gasteiger partial charge in [-0.05, 0) is 58.0 Å². The van der Waals surface area contributed by atoms with Crippen LogP contribution in [0.4, 0.5) is 4.79 Å². The van der Waals surface area contributed by atoms with E-state index in [1.54, 1.807) is 44.2 Å². The molecule has 0 radical (unpaired) electrons. The Kier molecular flexibility index (Phi) is 7.15. The molecule has 0 saturated carbocycles. The van der Waals surface area contributed by atoms with Gasteiger partial charge in [-0.1, -0.05) is 16.8 Å². The number of carbonyl (C=O) groups is 1. The molecular weight excluding hydrogens is 530 g/mol. The molecule has 5 rings (SSSR count). The lowest BCUT2D eigenvalue weighted by Gasteiger charge is -2.41. The highest BCUT2D eigenvalue weighted by Crippen LogP contribution is 2.39. The third kappa shape index (κ3) is 5.38. The van der Waals surface area contributed by atoms with E-state index in [0.717, 1.165) is 0 Å². The molecule has 206 valence electrons. The number of carboxylic acid groups (broad SMARTS) is 1. The zero-order valence-electron chi connectivity index (χ0n) is 21.9. The van der Waals surface area contributed by atoms with Crippen LogP contribution in [0, 0.1) is 0 Å². The highest BCUT2D eigenvalue weighted by molar-refractivity contribution is 6.34. The molecule has 4 aromatic rings. The van der Waals surface area contributed by atoms with Gasteiger partial charge in [-0.25, -0.2) is 4.79 Å². The Hall–Kier alpha value is -3.80. The SMILES string of the molecule is CCOc1ccc(-c2nc(-c3cc4cc(C5(NC(=O)O)COC(C)(C)OC5)oc4cc3Cl)no2)cc1OCC. The normalized spacial score (nSPS) is 16.2. The molecule has 39 heavy (non-hydrogen) atoms. The molecule has 0 spiro atoms. The third-order valence-corrected chi connectivity index (χ3v) is 6.53. The molecule has 11 nitrogen and oxygen atoms in total. The topological polar surface area (TPSA) is 138 Å². The summed E-state index contributed by atoms with van der Waals surface area (Å²) < 4.78 is 34.4. The van der Waals surface area contributed by atoms with E-state index < -0.39 is 17.4 Å². The maximum Gasteiger partial charge on any atom is 0.405 e. The van der Waals surface area contributed by atoms with E-state index in [2.05, 4.69) is 15.5 Å². The number of rotatable bonds is 8. The van der Waals surface area contributed by atoms with Gasteiger partial charge in [0.25, 0.3) is 5.89 Å². The maximum absolute atomic E-state index is 11.6. The molecule has 0 unspecified atom stereocenters. The number of aromatic nitrogens is 2. The van der Waals surface area contributed by atoms with Crippen molar-refractivity contribution in [2.24, 2.45) is 0 Å². The number of hydrogen-bond acceptors (Lipinski definition) is 9. The minimum absolute atomic E-state index is 0.0206. The van der Waals surface area contributed by atoms with Gasteiger partial charge >= 0.3 is 6.09 Å². The predicted octanol–water partition coefficient (Wildman–Crippen LogP) is 5.85. The first kappa shape index (κ1) is 26.8. The summed E-state index contributed by atoms with van der Waals surface area (Å²) >= 11 is 6.59. The summed E-state index contributed by atoms with van der Waals surface area (Å²) in [4.78, 5) is 16.2. The zero-order chi connectivity index (χ0) is 27.8. The molecule has 1 aliphatic rings. The molecule has 1 amide bonds. The average molecular weight is 558 g/mol. The van der Waals surface area contributed by atoms with Crippen LogP contribution in [0.25, 0.3) is 33.8 Å². The smallest absolute Gasteiger partial charge is 0.405 e. The van der Waals surface area contributed by atoms with Crippen LogP contribution in [0.2, 0.25) is 5.02 Å². The third-order valence-electron chi connectivity index (χ3n) is 6.21. The number of halogens is 1. The van der Waals surface area contributed by atoms with Crippen molar-refractivity contribution in [3.8, 4) is 34.3 Å². The van der Waals surface area contributed by atoms with Crippen molar-refractivity contribution in [2.75, 3.05) is 26.4 Å². The summed E-state index contributed by atoms with van der Waals surface area (Å²) in [6.07, 6.45) is -1.23. The van der Waals surface area contributed by atoms with Crippen molar-refractivity contribution in [1.29, 1.82) is 0 Å². The van der Waals surface area contributed by atoms with Crippen molar-refractivity contribution < 1.29 is 37.8 Å². The van der Waals surface area contributed by atoms with Crippen LogP contribution < -0.4 is 14.8 Å². The van der Waals surface area contributed by atoms with Crippen LogP contribution in [-0.2, 0) is 15.0 Å². The summed E-state index contributed by atoms with van der Waals surface area (Å²) in [5.41, 5.74) is 0.384. The molecule has 3 heterocycles. The van der Waals surface area contributed by atoms with Crippen molar-refractivity contribution in [1.82, 2.24) is 15.5 Å². The molecule has 1 fully saturated rings. The van der Waals surface area contributed by atoms with Crippen LogP contribution in [0.1, 0.15) is 33.5 Å². The van der Waals surface area contributed by atoms with Gasteiger partial charge in [0.15, 0.2) is 17.3 Å². The van der Waals surface area contributed by atoms with E-state index in [9.17, 15) is 9.90 Å². The minimum Gasteiger partial charge on any atom is -0.490 e. The highest BCUT2D eigenvalue weighted by Gasteiger charge is 2.45. The Bertz CT molecular complexity index is 1500. The number of furan rings is 1. The standard InChI is InChI=1S/C27H28ClN3O8/c1-5-34-19-8-7-15(10-21(19)35-6-2)24-29-23(31-39-24)17-9-16-11-22(38-20(16)12-18(17)28)27(30-25(32)33)13-36-26(3,4)37-14-27/h7-12,30H,5-6,13-14H2,1-4H3,(H,32,33). The lowest BCUT2D eigenvalue weighted by Crippen LogP contribution is -2.58. The van der Waals surface area contributed by atoms with Crippen molar-refractivity contribution in [2.45, 2.75) is 39.0 Å². The van der Waals surface area contributed by atoms with Gasteiger partial charge in [-0.15, -0.1) is 0 Å². The lowest BCUT2D eigenvalue weighted by atomic mass is 9.96. The van der Waals surface area contributed by atoms with Gasteiger partial charge in [0.1, 0.15) is 16.9 Å². The largest absolute Gasteiger partial charge is 0.490 e. The Labute approximate surface area is 228 Å². The van der Waals surface area contributed by atoms with Gasteiger partial charge in [0.05, 0.1) is 31.5 Å². The summed E-state index contributed by atoms with van der Waals surface area (Å²) in [5.74, 6) is 1.23. The molecule has 12 heteroatoms. The first-order valence-electron chi connectivity index (χ1n) is 12.4. The van der Waals surface area contributed by atoms with Crippen molar-refractivity contribution in [3.63, 3.8) is 0 Å². The molecule has 0 aliphatic carbocycles. The maximum atomic E-state index is 11.6. The predicted molar refractivity (Wildman–Crippen MR) is 141 cm³/mol. The summed E-state index contributed by atoms with van der Waals surface area (Å²) in [5, 5.41) is 17.1. The number of fused-ring (bicyclic) bond motifs is 1. The summed E-state index contributed by atoms with van der Waals surface area (Å²) in [7, 11) is 0. The molecule has 0 atom stereocenters. The zero-order valence-corrected chi connectivity index (χ0v) is 22.6. The van der Waals surface area contributed by atoms with Gasteiger partial charge < -0.3 is 38.3 Å². The van der Waals surface area contributed by atoms with Crippen LogP contribution in [-0.4, -0.2) is 53.6 Å². The number of nitrogens with one attached hydrogen (secondary N) is 1. The van der Waals surface area contributed by atoms with Crippen molar-refractivity contribution >= 4 is 28.7 Å². The molecule has 2 aromatic carbocycles. The van der Waals surface area contributed by atoms with Crippen LogP contribution in [0.5, 0.6) is 11.5 Å². The second kappa shape index (κ2) is 10.4. The minimum atomic E-state index is -1.24. The van der Waals surface area contributed by atoms with Gasteiger partial charge in [-0.3, -0.25) is 0 Å². The Morgan fingerprint density at radius 3 is 2.49 bits per heavy atom. The van der Waals surface area contributed by atoms with E-state index in [4.69, 9.17) is 39.5 Å². The average Bonchev–Trinajstić information content (AvgIpc) is 3.54. The van der Waals surface area contributed by atoms with Crippen LogP contribution in [0.15, 0.2) is 45.3 Å². The Morgan fingerprint density at radius 2 is 1.79 bits per heavy atom. The van der Waals surface area contributed by atoms with Gasteiger partial charge in [0, 0.05) is 22.6 Å². The summed E-state index contributed by atoms with van der Waals surface area (Å²) in [6.45, 7) is 8.32.